The number of nitrogens with zero attached hydrogens (tertiary/aromatic N) is 1. The van der Waals surface area contributed by atoms with Crippen molar-refractivity contribution in [3.8, 4) is 0 Å². The van der Waals surface area contributed by atoms with Crippen LogP contribution in [0.2, 0.25) is 0 Å². The van der Waals surface area contributed by atoms with E-state index in [0.717, 1.165) is 41.7 Å². The average Bonchev–Trinajstić information content (AvgIpc) is 2.77. The molecule has 0 aliphatic carbocycles. The molecule has 2 rings (SSSR count). The Kier molecular flexibility index (Phi) is 5.64. The standard InChI is InChI=1S/C13H21BrN2O2S2/c1-3-15-9-11-6-4-5-7-16(11)20(17,18)12-8-10(2)13(14)19-12/h8,11,15H,3-7,9H2,1-2H3. The number of thiophene rings is 1. The molecule has 0 radical (unpaired) electrons. The zero-order valence-corrected chi connectivity index (χ0v) is 15.1. The highest BCUT2D eigenvalue weighted by molar-refractivity contribution is 9.11. The van der Waals surface area contributed by atoms with Crippen molar-refractivity contribution in [3.05, 3.63) is 15.4 Å². The average molecular weight is 381 g/mol. The first kappa shape index (κ1) is 16.4. The highest BCUT2D eigenvalue weighted by atomic mass is 79.9. The minimum atomic E-state index is -3.36. The second-order valence-electron chi connectivity index (χ2n) is 5.10. The van der Waals surface area contributed by atoms with Gasteiger partial charge in [-0.25, -0.2) is 8.42 Å². The van der Waals surface area contributed by atoms with Crippen LogP contribution in [0.25, 0.3) is 0 Å². The molecule has 4 nitrogen and oxygen atoms in total. The van der Waals surface area contributed by atoms with E-state index in [1.165, 1.54) is 11.3 Å². The van der Waals surface area contributed by atoms with E-state index in [2.05, 4.69) is 21.2 Å². The van der Waals surface area contributed by atoms with Crippen LogP contribution in [0.4, 0.5) is 0 Å². The van der Waals surface area contributed by atoms with Gasteiger partial charge in [0, 0.05) is 19.1 Å². The number of hydrogen-bond donors (Lipinski definition) is 1. The summed E-state index contributed by atoms with van der Waals surface area (Å²) < 4.78 is 28.7. The fourth-order valence-corrected chi connectivity index (χ4v) is 6.53. The maximum Gasteiger partial charge on any atom is 0.252 e. The van der Waals surface area contributed by atoms with E-state index in [9.17, 15) is 8.42 Å². The smallest absolute Gasteiger partial charge is 0.252 e. The summed E-state index contributed by atoms with van der Waals surface area (Å²) in [5, 5.41) is 3.28. The Bertz CT molecular complexity index is 537. The van der Waals surface area contributed by atoms with E-state index in [1.54, 1.807) is 10.4 Å². The van der Waals surface area contributed by atoms with Crippen LogP contribution in [-0.2, 0) is 10.0 Å². The van der Waals surface area contributed by atoms with Gasteiger partial charge in [0.25, 0.3) is 10.0 Å². The Hall–Kier alpha value is 0.0500. The molecule has 1 aromatic heterocycles. The number of sulfonamides is 1. The predicted molar refractivity (Wildman–Crippen MR) is 86.8 cm³/mol. The molecule has 114 valence electrons. The summed E-state index contributed by atoms with van der Waals surface area (Å²) in [6.07, 6.45) is 3.00. The normalized spacial score (nSPS) is 21.2. The van der Waals surface area contributed by atoms with Gasteiger partial charge in [0.1, 0.15) is 4.21 Å². The maximum atomic E-state index is 12.8. The quantitative estimate of drug-likeness (QED) is 0.853. The number of aryl methyl sites for hydroxylation is 1. The molecular formula is C13H21BrN2O2S2. The van der Waals surface area contributed by atoms with Crippen molar-refractivity contribution in [2.24, 2.45) is 0 Å². The second-order valence-corrected chi connectivity index (χ2v) is 9.58. The lowest BCUT2D eigenvalue weighted by Gasteiger charge is -2.34. The van der Waals surface area contributed by atoms with E-state index in [1.807, 2.05) is 13.8 Å². The molecule has 1 unspecified atom stereocenters. The SMILES string of the molecule is CCNCC1CCCCN1S(=O)(=O)c1cc(C)c(Br)s1. The number of likely N-dealkylation sites (N-methyl/N-ethyl adjacent to an activating group) is 1. The third-order valence-corrected chi connectivity index (χ3v) is 8.14. The molecule has 0 spiro atoms. The molecule has 0 saturated carbocycles. The van der Waals surface area contributed by atoms with Crippen molar-refractivity contribution in [2.45, 2.75) is 43.4 Å². The summed E-state index contributed by atoms with van der Waals surface area (Å²) in [4.78, 5) is 0. The van der Waals surface area contributed by atoms with Gasteiger partial charge in [0.2, 0.25) is 0 Å². The lowest BCUT2D eigenvalue weighted by molar-refractivity contribution is 0.247. The van der Waals surface area contributed by atoms with Crippen molar-refractivity contribution in [1.82, 2.24) is 9.62 Å². The van der Waals surface area contributed by atoms with Gasteiger partial charge in [0.15, 0.2) is 0 Å². The molecule has 20 heavy (non-hydrogen) atoms. The van der Waals surface area contributed by atoms with Gasteiger partial charge in [-0.1, -0.05) is 13.3 Å². The van der Waals surface area contributed by atoms with Gasteiger partial charge in [0.05, 0.1) is 3.79 Å². The Morgan fingerprint density at radius 3 is 2.85 bits per heavy atom. The molecule has 0 aromatic carbocycles. The van der Waals surface area contributed by atoms with Gasteiger partial charge >= 0.3 is 0 Å². The van der Waals surface area contributed by atoms with Crippen molar-refractivity contribution in [3.63, 3.8) is 0 Å². The molecule has 1 aromatic rings. The zero-order valence-electron chi connectivity index (χ0n) is 11.9. The maximum absolute atomic E-state index is 12.8. The van der Waals surface area contributed by atoms with Crippen LogP contribution in [0, 0.1) is 6.92 Å². The first-order valence-electron chi connectivity index (χ1n) is 6.95. The van der Waals surface area contributed by atoms with E-state index in [-0.39, 0.29) is 6.04 Å². The van der Waals surface area contributed by atoms with Crippen molar-refractivity contribution < 1.29 is 8.42 Å². The van der Waals surface area contributed by atoms with Gasteiger partial charge in [-0.15, -0.1) is 11.3 Å². The number of hydrogen-bond acceptors (Lipinski definition) is 4. The molecule has 0 bridgehead atoms. The number of rotatable bonds is 5. The lowest BCUT2D eigenvalue weighted by Crippen LogP contribution is -2.48. The van der Waals surface area contributed by atoms with E-state index >= 15 is 0 Å². The summed E-state index contributed by atoms with van der Waals surface area (Å²) in [5.74, 6) is 0. The summed E-state index contributed by atoms with van der Waals surface area (Å²) in [6.45, 7) is 6.20. The molecule has 0 amide bonds. The lowest BCUT2D eigenvalue weighted by atomic mass is 10.1. The van der Waals surface area contributed by atoms with Gasteiger partial charge < -0.3 is 5.32 Å². The molecule has 1 aliphatic heterocycles. The third-order valence-electron chi connectivity index (χ3n) is 3.60. The van der Waals surface area contributed by atoms with Crippen molar-refractivity contribution >= 4 is 37.3 Å². The van der Waals surface area contributed by atoms with E-state index in [0.29, 0.717) is 10.8 Å². The molecule has 2 heterocycles. The largest absolute Gasteiger partial charge is 0.315 e. The fraction of sp³-hybridized carbons (Fsp3) is 0.692. The van der Waals surface area contributed by atoms with Crippen LogP contribution in [-0.4, -0.2) is 38.4 Å². The van der Waals surface area contributed by atoms with Crippen LogP contribution in [0.3, 0.4) is 0 Å². The molecule has 1 atom stereocenters. The van der Waals surface area contributed by atoms with Gasteiger partial charge in [-0.05, 0) is 53.9 Å². The molecule has 1 N–H and O–H groups in total. The Morgan fingerprint density at radius 1 is 1.50 bits per heavy atom. The first-order valence-corrected chi connectivity index (χ1v) is 10.00. The predicted octanol–water partition coefficient (Wildman–Crippen LogP) is 2.97. The minimum absolute atomic E-state index is 0.0786. The summed E-state index contributed by atoms with van der Waals surface area (Å²) >= 11 is 4.72. The highest BCUT2D eigenvalue weighted by Gasteiger charge is 2.34. The molecule has 7 heteroatoms. The summed E-state index contributed by atoms with van der Waals surface area (Å²) in [5.41, 5.74) is 0.980. The summed E-state index contributed by atoms with van der Waals surface area (Å²) in [6, 6.07) is 1.85. The van der Waals surface area contributed by atoms with Crippen LogP contribution in [0.5, 0.6) is 0 Å². The molecule has 1 saturated heterocycles. The molecular weight excluding hydrogens is 360 g/mol. The third kappa shape index (κ3) is 3.44. The Morgan fingerprint density at radius 2 is 2.25 bits per heavy atom. The van der Waals surface area contributed by atoms with Gasteiger partial charge in [-0.2, -0.15) is 4.31 Å². The fourth-order valence-electron chi connectivity index (χ4n) is 2.48. The Labute approximate surface area is 133 Å². The molecule has 1 fully saturated rings. The number of nitrogens with one attached hydrogen (secondary N) is 1. The van der Waals surface area contributed by atoms with Crippen molar-refractivity contribution in [1.29, 1.82) is 0 Å². The van der Waals surface area contributed by atoms with E-state index < -0.39 is 10.0 Å². The number of piperidine rings is 1. The molecule has 1 aliphatic rings. The summed E-state index contributed by atoms with van der Waals surface area (Å²) in [7, 11) is -3.36. The zero-order chi connectivity index (χ0) is 14.8. The highest BCUT2D eigenvalue weighted by Crippen LogP contribution is 2.34. The van der Waals surface area contributed by atoms with Crippen LogP contribution in [0.1, 0.15) is 31.7 Å². The van der Waals surface area contributed by atoms with Crippen LogP contribution < -0.4 is 5.32 Å². The van der Waals surface area contributed by atoms with E-state index in [4.69, 9.17) is 0 Å². The monoisotopic (exact) mass is 380 g/mol. The first-order chi connectivity index (χ1) is 9.46. The topological polar surface area (TPSA) is 49.4 Å². The second kappa shape index (κ2) is 6.87. The number of halogens is 1. The minimum Gasteiger partial charge on any atom is -0.315 e. The van der Waals surface area contributed by atoms with Gasteiger partial charge in [-0.3, -0.25) is 0 Å². The van der Waals surface area contributed by atoms with Crippen LogP contribution in [0.15, 0.2) is 14.1 Å². The van der Waals surface area contributed by atoms with Crippen molar-refractivity contribution in [2.75, 3.05) is 19.6 Å². The van der Waals surface area contributed by atoms with Crippen LogP contribution >= 0.6 is 27.3 Å². The Balaban J connectivity index is 2.25.